The van der Waals surface area contributed by atoms with E-state index in [0.29, 0.717) is 40.9 Å². The number of carbonyl (C=O) groups is 3. The summed E-state index contributed by atoms with van der Waals surface area (Å²) in [5, 5.41) is 17.4. The molecule has 216 valence electrons. The summed E-state index contributed by atoms with van der Waals surface area (Å²) in [6.45, 7) is 5.46. The molecule has 4 rings (SSSR count). The quantitative estimate of drug-likeness (QED) is 0.0889. The third-order valence-corrected chi connectivity index (χ3v) is 7.13. The van der Waals surface area contributed by atoms with Crippen molar-refractivity contribution >= 4 is 45.6 Å². The number of para-hydroxylation sites is 2. The van der Waals surface area contributed by atoms with Gasteiger partial charge in [-0.25, -0.2) is 4.79 Å². The Bertz CT molecular complexity index is 1630. The lowest BCUT2D eigenvalue weighted by Gasteiger charge is -2.35. The van der Waals surface area contributed by atoms with Crippen LogP contribution in [0.1, 0.15) is 55.6 Å². The Labute approximate surface area is 245 Å². The average molecular weight is 566 g/mol. The number of benzene rings is 4. The van der Waals surface area contributed by atoms with Gasteiger partial charge in [0, 0.05) is 27.6 Å². The van der Waals surface area contributed by atoms with Gasteiger partial charge in [-0.2, -0.15) is 0 Å². The number of fused-ring (bicyclic) bond motifs is 1. The van der Waals surface area contributed by atoms with Crippen LogP contribution in [0.25, 0.3) is 10.8 Å². The summed E-state index contributed by atoms with van der Waals surface area (Å²) in [5.41, 5.74) is 8.13. The molecule has 8 nitrogen and oxygen atoms in total. The van der Waals surface area contributed by atoms with E-state index < -0.39 is 17.6 Å². The van der Waals surface area contributed by atoms with Crippen molar-refractivity contribution in [3.63, 3.8) is 0 Å². The van der Waals surface area contributed by atoms with Crippen LogP contribution in [0, 0.1) is 5.41 Å². The molecule has 0 aliphatic rings. The van der Waals surface area contributed by atoms with Crippen LogP contribution in [0.3, 0.4) is 0 Å². The van der Waals surface area contributed by atoms with Crippen molar-refractivity contribution in [3.8, 4) is 5.75 Å². The van der Waals surface area contributed by atoms with E-state index in [2.05, 4.69) is 10.6 Å². The molecule has 1 atom stereocenters. The highest BCUT2D eigenvalue weighted by Crippen LogP contribution is 2.44. The Morgan fingerprint density at radius 1 is 0.905 bits per heavy atom. The number of ketones is 1. The van der Waals surface area contributed by atoms with Gasteiger partial charge in [-0.1, -0.05) is 62.4 Å². The minimum Gasteiger partial charge on any atom is -0.507 e. The Balaban J connectivity index is 1.54. The maximum atomic E-state index is 13.2. The van der Waals surface area contributed by atoms with Crippen LogP contribution in [0.4, 0.5) is 21.9 Å². The number of hydrogen-bond acceptors (Lipinski definition) is 6. The Morgan fingerprint density at radius 3 is 2.26 bits per heavy atom. The summed E-state index contributed by atoms with van der Waals surface area (Å²) in [4.78, 5) is 37.2. The van der Waals surface area contributed by atoms with E-state index in [9.17, 15) is 19.5 Å². The van der Waals surface area contributed by atoms with Crippen LogP contribution in [0.2, 0.25) is 0 Å². The number of rotatable bonds is 10. The van der Waals surface area contributed by atoms with E-state index in [1.54, 1.807) is 66.7 Å². The zero-order valence-electron chi connectivity index (χ0n) is 23.9. The maximum Gasteiger partial charge on any atom is 0.412 e. The van der Waals surface area contributed by atoms with Gasteiger partial charge >= 0.3 is 6.09 Å². The zero-order chi connectivity index (χ0) is 30.3. The number of ether oxygens (including phenoxy) is 1. The van der Waals surface area contributed by atoms with Gasteiger partial charge in [-0.15, -0.1) is 0 Å². The molecular weight excluding hydrogens is 530 g/mol. The number of carbonyl (C=O) groups excluding carboxylic acids is 3. The molecule has 0 radical (unpaired) electrons. The number of amides is 2. The first kappa shape index (κ1) is 29.9. The molecular formula is C34H35N3O5. The van der Waals surface area contributed by atoms with Gasteiger partial charge < -0.3 is 20.9 Å². The number of aromatic hydroxyl groups is 1. The first-order valence-corrected chi connectivity index (χ1v) is 13.7. The molecule has 4 aromatic carbocycles. The Hall–Kier alpha value is -5.11. The van der Waals surface area contributed by atoms with Gasteiger partial charge in [-0.3, -0.25) is 14.9 Å². The van der Waals surface area contributed by atoms with E-state index >= 15 is 0 Å². The van der Waals surface area contributed by atoms with Gasteiger partial charge in [0.2, 0.25) is 5.91 Å². The second-order valence-electron chi connectivity index (χ2n) is 10.8. The van der Waals surface area contributed by atoms with Crippen LogP contribution in [0.5, 0.6) is 5.75 Å². The predicted molar refractivity (Wildman–Crippen MR) is 167 cm³/mol. The van der Waals surface area contributed by atoms with Crippen LogP contribution in [-0.4, -0.2) is 22.9 Å². The molecule has 42 heavy (non-hydrogen) atoms. The fraction of sp³-hybridized carbons (Fsp3) is 0.206. The minimum absolute atomic E-state index is 0.0686. The summed E-state index contributed by atoms with van der Waals surface area (Å²) in [6, 6.07) is 24.4. The summed E-state index contributed by atoms with van der Waals surface area (Å²) in [7, 11) is 0. The fourth-order valence-electron chi connectivity index (χ4n) is 4.78. The molecule has 8 heteroatoms. The predicted octanol–water partition coefficient (Wildman–Crippen LogP) is 7.62. The van der Waals surface area contributed by atoms with Crippen molar-refractivity contribution in [1.29, 1.82) is 0 Å². The van der Waals surface area contributed by atoms with Gasteiger partial charge in [0.15, 0.2) is 5.78 Å². The number of phenols is 1. The third-order valence-electron chi connectivity index (χ3n) is 7.13. The molecule has 0 aromatic heterocycles. The topological polar surface area (TPSA) is 131 Å². The second kappa shape index (κ2) is 13.0. The molecule has 0 saturated carbocycles. The number of nitrogens with one attached hydrogen (secondary N) is 2. The van der Waals surface area contributed by atoms with E-state index in [0.717, 1.165) is 10.9 Å². The number of phenolic OH excluding ortho intramolecular Hbond substituents is 1. The van der Waals surface area contributed by atoms with Crippen molar-refractivity contribution < 1.29 is 24.2 Å². The summed E-state index contributed by atoms with van der Waals surface area (Å²) in [5.74, 6) is -0.229. The maximum absolute atomic E-state index is 13.2. The number of allylic oxidation sites excluding steroid dienone is 1. The van der Waals surface area contributed by atoms with Crippen molar-refractivity contribution in [3.05, 3.63) is 108 Å². The number of hydrogen-bond donors (Lipinski definition) is 4. The van der Waals surface area contributed by atoms with Crippen molar-refractivity contribution in [2.24, 2.45) is 5.41 Å². The molecule has 0 aliphatic carbocycles. The molecule has 4 aromatic rings. The fourth-order valence-corrected chi connectivity index (χ4v) is 4.78. The van der Waals surface area contributed by atoms with E-state index in [1.165, 1.54) is 13.0 Å². The third kappa shape index (κ3) is 7.34. The number of Topliss-reactive ketones (excluding diaryl/α,β-unsaturated/α-hetero) is 1. The van der Waals surface area contributed by atoms with Crippen LogP contribution < -0.4 is 16.4 Å². The van der Waals surface area contributed by atoms with Crippen LogP contribution in [0.15, 0.2) is 97.1 Å². The highest BCUT2D eigenvalue weighted by molar-refractivity contribution is 6.01. The normalized spacial score (nSPS) is 12.2. The van der Waals surface area contributed by atoms with E-state index in [4.69, 9.17) is 10.5 Å². The highest BCUT2D eigenvalue weighted by Gasteiger charge is 2.35. The SMILES string of the molecule is CC(=O)c1ccc(NC(=O)O[C@@H](c2ccc(O)c3ccccc23)C(C)(C)CC/C=C/C(=O)Nc2ccccc2N)cc1. The van der Waals surface area contributed by atoms with Gasteiger partial charge in [-0.05, 0) is 73.7 Å². The monoisotopic (exact) mass is 565 g/mol. The van der Waals surface area contributed by atoms with E-state index in [1.807, 2.05) is 38.1 Å². The molecule has 0 bridgehead atoms. The summed E-state index contributed by atoms with van der Waals surface area (Å²) < 4.78 is 6.09. The van der Waals surface area contributed by atoms with Crippen LogP contribution in [-0.2, 0) is 9.53 Å². The Kier molecular flexibility index (Phi) is 9.27. The molecule has 0 saturated heterocycles. The van der Waals surface area contributed by atoms with Crippen molar-refractivity contribution in [2.45, 2.75) is 39.7 Å². The molecule has 0 aliphatic heterocycles. The molecule has 0 heterocycles. The van der Waals surface area contributed by atoms with Crippen LogP contribution >= 0.6 is 0 Å². The highest BCUT2D eigenvalue weighted by atomic mass is 16.6. The number of nitrogens with two attached hydrogens (primary N) is 1. The van der Waals surface area contributed by atoms with Crippen molar-refractivity contribution in [1.82, 2.24) is 0 Å². The molecule has 2 amide bonds. The largest absolute Gasteiger partial charge is 0.507 e. The first-order chi connectivity index (χ1) is 20.0. The lowest BCUT2D eigenvalue weighted by Crippen LogP contribution is -2.29. The number of nitrogen functional groups attached to an aromatic ring is 1. The summed E-state index contributed by atoms with van der Waals surface area (Å²) in [6.07, 6.45) is 2.99. The summed E-state index contributed by atoms with van der Waals surface area (Å²) >= 11 is 0. The van der Waals surface area contributed by atoms with Gasteiger partial charge in [0.05, 0.1) is 11.4 Å². The molecule has 0 fully saturated rings. The number of anilines is 3. The van der Waals surface area contributed by atoms with Crippen molar-refractivity contribution in [2.75, 3.05) is 16.4 Å². The molecule has 0 spiro atoms. The first-order valence-electron chi connectivity index (χ1n) is 13.7. The smallest absolute Gasteiger partial charge is 0.412 e. The Morgan fingerprint density at radius 2 is 1.57 bits per heavy atom. The van der Waals surface area contributed by atoms with Gasteiger partial charge in [0.1, 0.15) is 11.9 Å². The second-order valence-corrected chi connectivity index (χ2v) is 10.8. The van der Waals surface area contributed by atoms with Gasteiger partial charge in [0.25, 0.3) is 0 Å². The lowest BCUT2D eigenvalue weighted by molar-refractivity contribution is -0.111. The molecule has 0 unspecified atom stereocenters. The van der Waals surface area contributed by atoms with E-state index in [-0.39, 0.29) is 17.4 Å². The minimum atomic E-state index is -0.703. The average Bonchev–Trinajstić information content (AvgIpc) is 2.96. The zero-order valence-corrected chi connectivity index (χ0v) is 23.9. The molecule has 5 N–H and O–H groups in total. The standard InChI is InChI=1S/C34H35N3O5/c1-22(38)23-15-17-24(18-16-23)36-33(41)42-32(27-19-20-30(39)26-11-5-4-10-25(26)27)34(2,3)21-9-8-14-31(40)37-29-13-7-6-12-28(29)35/h4-8,10-20,32,39H,9,21,35H2,1-3H3,(H,36,41)(H,37,40)/b14-8+/t32-/m0/s1. The lowest BCUT2D eigenvalue weighted by atomic mass is 9.77.